The van der Waals surface area contributed by atoms with E-state index in [1.807, 2.05) is 60.8 Å². The highest BCUT2D eigenvalue weighted by molar-refractivity contribution is 7.15. The van der Waals surface area contributed by atoms with Crippen LogP contribution in [0.2, 0.25) is 0 Å². The van der Waals surface area contributed by atoms with E-state index >= 15 is 0 Å². The Hall–Kier alpha value is -3.90. The molecule has 0 fully saturated rings. The number of carbonyl (C=O) groups is 2. The Morgan fingerprint density at radius 1 is 0.857 bits per heavy atom. The Labute approximate surface area is 208 Å². The van der Waals surface area contributed by atoms with Gasteiger partial charge < -0.3 is 9.47 Å². The van der Waals surface area contributed by atoms with Crippen LogP contribution in [0, 0.1) is 6.92 Å². The van der Waals surface area contributed by atoms with Crippen LogP contribution in [0.5, 0.6) is 0 Å². The fourth-order valence-corrected chi connectivity index (χ4v) is 5.47. The first-order valence-corrected chi connectivity index (χ1v) is 12.4. The summed E-state index contributed by atoms with van der Waals surface area (Å²) in [6.07, 6.45) is -0.602. The molecule has 35 heavy (non-hydrogen) atoms. The van der Waals surface area contributed by atoms with Crippen LogP contribution in [0.3, 0.4) is 0 Å². The number of fused-ring (bicyclic) bond motifs is 3. The molecule has 5 nitrogen and oxygen atoms in total. The predicted octanol–water partition coefficient (Wildman–Crippen LogP) is 7.26. The molecule has 0 atom stereocenters. The minimum absolute atomic E-state index is 0.0378. The highest BCUT2D eigenvalue weighted by atomic mass is 32.1. The highest BCUT2D eigenvalue weighted by Crippen LogP contribution is 2.44. The largest absolute Gasteiger partial charge is 0.462 e. The van der Waals surface area contributed by atoms with Gasteiger partial charge in [0.25, 0.3) is 0 Å². The van der Waals surface area contributed by atoms with E-state index in [0.29, 0.717) is 10.6 Å². The van der Waals surface area contributed by atoms with Gasteiger partial charge in [-0.2, -0.15) is 0 Å². The fraction of sp³-hybridized carbons (Fsp3) is 0.172. The Kier molecular flexibility index (Phi) is 6.38. The third-order valence-electron chi connectivity index (χ3n) is 6.19. The van der Waals surface area contributed by atoms with Crippen LogP contribution in [0.25, 0.3) is 22.3 Å². The van der Waals surface area contributed by atoms with Crippen molar-refractivity contribution in [2.45, 2.75) is 19.8 Å². The number of benzene rings is 3. The van der Waals surface area contributed by atoms with E-state index in [4.69, 9.17) is 9.47 Å². The van der Waals surface area contributed by atoms with Crippen molar-refractivity contribution in [1.82, 2.24) is 0 Å². The third-order valence-corrected chi connectivity index (χ3v) is 7.09. The molecule has 1 N–H and O–H groups in total. The number of nitrogens with one attached hydrogen (secondary N) is 1. The summed E-state index contributed by atoms with van der Waals surface area (Å²) in [6.45, 7) is 4.21. The van der Waals surface area contributed by atoms with E-state index in [9.17, 15) is 9.59 Å². The lowest BCUT2D eigenvalue weighted by atomic mass is 9.98. The molecule has 0 radical (unpaired) electrons. The molecule has 1 aliphatic rings. The molecule has 1 aromatic heterocycles. The molecule has 1 amide bonds. The number of rotatable bonds is 6. The van der Waals surface area contributed by atoms with Crippen LogP contribution < -0.4 is 5.32 Å². The first-order valence-electron chi connectivity index (χ1n) is 11.5. The molecule has 0 saturated carbocycles. The van der Waals surface area contributed by atoms with Crippen molar-refractivity contribution in [3.63, 3.8) is 0 Å². The van der Waals surface area contributed by atoms with Gasteiger partial charge in [-0.15, -0.1) is 11.3 Å². The molecule has 0 spiro atoms. The maximum atomic E-state index is 12.8. The van der Waals surface area contributed by atoms with Gasteiger partial charge in [-0.3, -0.25) is 5.32 Å². The number of carbonyl (C=O) groups excluding carboxylic acids is 2. The monoisotopic (exact) mass is 483 g/mol. The van der Waals surface area contributed by atoms with E-state index in [2.05, 4.69) is 29.6 Å². The van der Waals surface area contributed by atoms with Crippen molar-refractivity contribution in [3.8, 4) is 22.3 Å². The smallest absolute Gasteiger partial charge is 0.412 e. The SMILES string of the molecule is CCOC(=O)c1c(-c2ccc(C)cc2)csc1NC(=O)OCC1c2ccccc2-c2ccccc21. The summed E-state index contributed by atoms with van der Waals surface area (Å²) in [6, 6.07) is 24.3. The highest BCUT2D eigenvalue weighted by Gasteiger charge is 2.29. The van der Waals surface area contributed by atoms with E-state index in [-0.39, 0.29) is 19.1 Å². The first-order chi connectivity index (χ1) is 17.1. The lowest BCUT2D eigenvalue weighted by Gasteiger charge is -2.15. The van der Waals surface area contributed by atoms with Crippen LogP contribution in [0.4, 0.5) is 9.80 Å². The number of amides is 1. The molecule has 4 aromatic rings. The summed E-state index contributed by atoms with van der Waals surface area (Å²) in [4.78, 5) is 25.6. The number of esters is 1. The van der Waals surface area contributed by atoms with Crippen molar-refractivity contribution in [3.05, 3.63) is 100 Å². The maximum absolute atomic E-state index is 12.8. The minimum Gasteiger partial charge on any atom is -0.462 e. The second-order valence-corrected chi connectivity index (χ2v) is 9.27. The Balaban J connectivity index is 1.36. The molecule has 0 unspecified atom stereocenters. The number of aryl methyl sites for hydroxylation is 1. The van der Waals surface area contributed by atoms with Crippen molar-refractivity contribution < 1.29 is 19.1 Å². The van der Waals surface area contributed by atoms with Crippen molar-refractivity contribution in [1.29, 1.82) is 0 Å². The fourth-order valence-electron chi connectivity index (χ4n) is 4.53. The maximum Gasteiger partial charge on any atom is 0.412 e. The van der Waals surface area contributed by atoms with Gasteiger partial charge in [-0.25, -0.2) is 9.59 Å². The quantitative estimate of drug-likeness (QED) is 0.293. The van der Waals surface area contributed by atoms with E-state index < -0.39 is 12.1 Å². The van der Waals surface area contributed by atoms with Crippen molar-refractivity contribution in [2.24, 2.45) is 0 Å². The molecule has 6 heteroatoms. The van der Waals surface area contributed by atoms with Gasteiger partial charge in [0.2, 0.25) is 0 Å². The topological polar surface area (TPSA) is 64.6 Å². The van der Waals surface area contributed by atoms with Gasteiger partial charge in [0.15, 0.2) is 0 Å². The Morgan fingerprint density at radius 2 is 1.49 bits per heavy atom. The summed E-state index contributed by atoms with van der Waals surface area (Å²) in [7, 11) is 0. The van der Waals surface area contributed by atoms with Crippen LogP contribution >= 0.6 is 11.3 Å². The standard InChI is InChI=1S/C29H25NO4S/c1-3-33-28(31)26-25(19-14-12-18(2)13-15-19)17-35-27(26)30-29(32)34-16-24-22-10-6-4-8-20(22)21-9-5-7-11-23(21)24/h4-15,17,24H,3,16H2,1-2H3,(H,30,32). The number of anilines is 1. The van der Waals surface area contributed by atoms with Gasteiger partial charge in [-0.05, 0) is 41.7 Å². The molecule has 0 bridgehead atoms. The second-order valence-electron chi connectivity index (χ2n) is 8.39. The zero-order chi connectivity index (χ0) is 24.4. The number of ether oxygens (including phenoxy) is 2. The summed E-state index contributed by atoms with van der Waals surface area (Å²) < 4.78 is 11.0. The summed E-state index contributed by atoms with van der Waals surface area (Å²) in [5, 5.41) is 5.05. The second kappa shape index (κ2) is 9.76. The molecule has 0 aliphatic heterocycles. The number of hydrogen-bond acceptors (Lipinski definition) is 5. The zero-order valence-electron chi connectivity index (χ0n) is 19.5. The van der Waals surface area contributed by atoms with E-state index in [1.54, 1.807) is 6.92 Å². The van der Waals surface area contributed by atoms with Gasteiger partial charge in [-0.1, -0.05) is 78.4 Å². The lowest BCUT2D eigenvalue weighted by Crippen LogP contribution is -2.19. The van der Waals surface area contributed by atoms with Crippen molar-refractivity contribution in [2.75, 3.05) is 18.5 Å². The molecule has 0 saturated heterocycles. The van der Waals surface area contributed by atoms with Crippen LogP contribution in [0.1, 0.15) is 39.9 Å². The Bertz CT molecular complexity index is 1340. The number of hydrogen-bond donors (Lipinski definition) is 1. The zero-order valence-corrected chi connectivity index (χ0v) is 20.4. The lowest BCUT2D eigenvalue weighted by molar-refractivity contribution is 0.0529. The number of thiophene rings is 1. The molecule has 1 heterocycles. The Morgan fingerprint density at radius 3 is 2.11 bits per heavy atom. The average Bonchev–Trinajstić information content (AvgIpc) is 3.42. The van der Waals surface area contributed by atoms with Gasteiger partial charge in [0, 0.05) is 16.9 Å². The van der Waals surface area contributed by atoms with Gasteiger partial charge in [0.1, 0.15) is 17.2 Å². The van der Waals surface area contributed by atoms with Crippen molar-refractivity contribution >= 4 is 28.4 Å². The average molecular weight is 484 g/mol. The first kappa shape index (κ1) is 22.9. The molecule has 3 aromatic carbocycles. The molecule has 176 valence electrons. The van der Waals surface area contributed by atoms with Gasteiger partial charge >= 0.3 is 12.1 Å². The minimum atomic E-state index is -0.602. The summed E-state index contributed by atoms with van der Waals surface area (Å²) in [5.41, 5.74) is 7.70. The molecular weight excluding hydrogens is 458 g/mol. The molecular formula is C29H25NO4S. The van der Waals surface area contributed by atoms with Crippen LogP contribution in [-0.4, -0.2) is 25.3 Å². The van der Waals surface area contributed by atoms with Crippen LogP contribution in [-0.2, 0) is 9.47 Å². The van der Waals surface area contributed by atoms with Gasteiger partial charge in [0.05, 0.1) is 6.61 Å². The van der Waals surface area contributed by atoms with E-state index in [0.717, 1.165) is 27.8 Å². The van der Waals surface area contributed by atoms with E-state index in [1.165, 1.54) is 22.5 Å². The van der Waals surface area contributed by atoms with Crippen LogP contribution in [0.15, 0.2) is 78.2 Å². The summed E-state index contributed by atoms with van der Waals surface area (Å²) >= 11 is 1.28. The normalized spacial score (nSPS) is 12.1. The predicted molar refractivity (Wildman–Crippen MR) is 139 cm³/mol. The third kappa shape index (κ3) is 4.45. The molecule has 5 rings (SSSR count). The summed E-state index contributed by atoms with van der Waals surface area (Å²) in [5.74, 6) is -0.512. The molecule has 1 aliphatic carbocycles.